The molecule has 152 valence electrons. The largest absolute Gasteiger partial charge is 0.465 e. The summed E-state index contributed by atoms with van der Waals surface area (Å²) < 4.78 is 6.14. The molecule has 0 aliphatic heterocycles. The minimum absolute atomic E-state index is 0.101. The Balaban J connectivity index is 1.85. The van der Waals surface area contributed by atoms with E-state index in [1.165, 1.54) is 0 Å². The first-order valence-electron chi connectivity index (χ1n) is 9.76. The van der Waals surface area contributed by atoms with Gasteiger partial charge in [0.2, 0.25) is 5.91 Å². The summed E-state index contributed by atoms with van der Waals surface area (Å²) in [4.78, 5) is 22.2. The maximum Gasteiger partial charge on any atom is 0.411 e. The van der Waals surface area contributed by atoms with Crippen molar-refractivity contribution in [2.75, 3.05) is 0 Å². The molecule has 2 N–H and O–H groups in total. The van der Waals surface area contributed by atoms with E-state index < -0.39 is 12.0 Å². The molecule has 0 aliphatic carbocycles. The molecule has 0 heterocycles. The number of carbonyl (C=O) groups excluding carboxylic acids is 1. The van der Waals surface area contributed by atoms with Crippen LogP contribution in [-0.4, -0.2) is 17.1 Å². The number of benzene rings is 3. The molecule has 3 aromatic rings. The number of aryl methyl sites for hydroxylation is 2. The van der Waals surface area contributed by atoms with E-state index >= 15 is 0 Å². The van der Waals surface area contributed by atoms with Crippen molar-refractivity contribution < 1.29 is 19.4 Å². The van der Waals surface area contributed by atoms with Gasteiger partial charge in [-0.15, -0.1) is 0 Å². The van der Waals surface area contributed by atoms with Crippen LogP contribution in [0.25, 0.3) is 10.8 Å². The summed E-state index contributed by atoms with van der Waals surface area (Å²) in [6.07, 6.45) is 0.962. The molecular weight excluding hydrogens is 380 g/mol. The summed E-state index contributed by atoms with van der Waals surface area (Å²) in [5.41, 5.74) is 2.66. The maximum atomic E-state index is 11.6. The van der Waals surface area contributed by atoms with Gasteiger partial charge in [-0.05, 0) is 48.2 Å². The Morgan fingerprint density at radius 2 is 1.80 bits per heavy atom. The van der Waals surface area contributed by atoms with E-state index in [9.17, 15) is 14.9 Å². The Labute approximate surface area is 174 Å². The van der Waals surface area contributed by atoms with Crippen LogP contribution in [0.15, 0.2) is 54.6 Å². The van der Waals surface area contributed by atoms with Crippen molar-refractivity contribution in [3.05, 3.63) is 71.3 Å². The van der Waals surface area contributed by atoms with Crippen molar-refractivity contribution in [1.29, 1.82) is 5.26 Å². The van der Waals surface area contributed by atoms with E-state index in [1.807, 2.05) is 47.8 Å². The highest BCUT2D eigenvalue weighted by atomic mass is 16.5. The zero-order chi connectivity index (χ0) is 21.5. The SMILES string of the molecule is CCCc1cc(Oc2ccc(C#N)c3ccccc23)ccc1CCC(=O)NC(=O)O. The summed E-state index contributed by atoms with van der Waals surface area (Å²) in [5, 5.41) is 21.5. The highest BCUT2D eigenvalue weighted by Gasteiger charge is 2.11. The molecule has 0 fully saturated rings. The van der Waals surface area contributed by atoms with Crippen molar-refractivity contribution in [2.45, 2.75) is 32.6 Å². The number of fused-ring (bicyclic) bond motifs is 1. The monoisotopic (exact) mass is 402 g/mol. The lowest BCUT2D eigenvalue weighted by atomic mass is 9.98. The second-order valence-electron chi connectivity index (χ2n) is 6.90. The van der Waals surface area contributed by atoms with Crippen molar-refractivity contribution in [3.8, 4) is 17.6 Å². The van der Waals surface area contributed by atoms with Gasteiger partial charge in [0, 0.05) is 17.2 Å². The van der Waals surface area contributed by atoms with Crippen molar-refractivity contribution >= 4 is 22.8 Å². The maximum absolute atomic E-state index is 11.6. The Morgan fingerprint density at radius 3 is 2.50 bits per heavy atom. The zero-order valence-corrected chi connectivity index (χ0v) is 16.6. The summed E-state index contributed by atoms with van der Waals surface area (Å²) in [6, 6.07) is 19.1. The standard InChI is InChI=1S/C24H22N2O4/c1-2-5-17-14-19(11-8-16(17)10-13-23(27)26-24(28)29)30-22-12-9-18(15-25)20-6-3-4-7-21(20)22/h3-4,6-9,11-12,14H,2,5,10,13H2,1H3,(H,26,27)(H,28,29). The number of nitrogens with zero attached hydrogens (tertiary/aromatic N) is 1. The third-order valence-corrected chi connectivity index (χ3v) is 4.80. The number of rotatable bonds is 7. The number of nitriles is 1. The number of carboxylic acid groups (broad SMARTS) is 1. The Kier molecular flexibility index (Phi) is 6.66. The molecule has 6 nitrogen and oxygen atoms in total. The number of ether oxygens (including phenoxy) is 1. The molecule has 0 radical (unpaired) electrons. The lowest BCUT2D eigenvalue weighted by Crippen LogP contribution is -2.28. The normalized spacial score (nSPS) is 10.4. The molecule has 0 aromatic heterocycles. The fourth-order valence-electron chi connectivity index (χ4n) is 3.43. The van der Waals surface area contributed by atoms with Crippen LogP contribution in [0.5, 0.6) is 11.5 Å². The fourth-order valence-corrected chi connectivity index (χ4v) is 3.43. The first-order valence-corrected chi connectivity index (χ1v) is 9.76. The lowest BCUT2D eigenvalue weighted by molar-refractivity contribution is -0.120. The molecule has 0 spiro atoms. The van der Waals surface area contributed by atoms with Gasteiger partial charge in [-0.3, -0.25) is 10.1 Å². The topological polar surface area (TPSA) is 99.4 Å². The zero-order valence-electron chi connectivity index (χ0n) is 16.6. The number of nitrogens with one attached hydrogen (secondary N) is 1. The van der Waals surface area contributed by atoms with E-state index in [0.717, 1.165) is 34.7 Å². The number of carbonyl (C=O) groups is 2. The molecule has 0 aliphatic rings. The average Bonchev–Trinajstić information content (AvgIpc) is 2.73. The molecule has 30 heavy (non-hydrogen) atoms. The van der Waals surface area contributed by atoms with Crippen molar-refractivity contribution in [2.24, 2.45) is 0 Å². The highest BCUT2D eigenvalue weighted by molar-refractivity contribution is 5.93. The van der Waals surface area contributed by atoms with Crippen LogP contribution < -0.4 is 10.1 Å². The molecular formula is C24H22N2O4. The van der Waals surface area contributed by atoms with Crippen molar-refractivity contribution in [1.82, 2.24) is 5.32 Å². The highest BCUT2D eigenvalue weighted by Crippen LogP contribution is 2.33. The summed E-state index contributed by atoms with van der Waals surface area (Å²) >= 11 is 0. The van der Waals surface area contributed by atoms with Crippen LogP contribution >= 0.6 is 0 Å². The number of hydrogen-bond donors (Lipinski definition) is 2. The minimum atomic E-state index is -1.34. The van der Waals surface area contributed by atoms with Crippen LogP contribution in [0.2, 0.25) is 0 Å². The molecule has 0 atom stereocenters. The van der Waals surface area contributed by atoms with Crippen LogP contribution in [0.1, 0.15) is 36.5 Å². The Morgan fingerprint density at radius 1 is 1.03 bits per heavy atom. The van der Waals surface area contributed by atoms with Gasteiger partial charge in [0.05, 0.1) is 11.6 Å². The quantitative estimate of drug-likeness (QED) is 0.567. The van der Waals surface area contributed by atoms with Gasteiger partial charge in [0.15, 0.2) is 0 Å². The number of imide groups is 1. The lowest BCUT2D eigenvalue weighted by Gasteiger charge is -2.14. The second kappa shape index (κ2) is 9.57. The molecule has 3 aromatic carbocycles. The van der Waals surface area contributed by atoms with Gasteiger partial charge >= 0.3 is 6.09 Å². The Hall–Kier alpha value is -3.85. The molecule has 0 unspecified atom stereocenters. The molecule has 0 bridgehead atoms. The van der Waals surface area contributed by atoms with Crippen LogP contribution in [0.4, 0.5) is 4.79 Å². The van der Waals surface area contributed by atoms with Gasteiger partial charge in [0.25, 0.3) is 0 Å². The first kappa shape index (κ1) is 20.9. The first-order chi connectivity index (χ1) is 14.5. The average molecular weight is 402 g/mol. The van der Waals surface area contributed by atoms with Crippen LogP contribution in [0.3, 0.4) is 0 Å². The number of amides is 2. The molecule has 3 rings (SSSR count). The summed E-state index contributed by atoms with van der Waals surface area (Å²) in [5.74, 6) is 0.821. The predicted octanol–water partition coefficient (Wildman–Crippen LogP) is 5.18. The molecule has 0 saturated carbocycles. The van der Waals surface area contributed by atoms with Crippen molar-refractivity contribution in [3.63, 3.8) is 0 Å². The minimum Gasteiger partial charge on any atom is -0.465 e. The summed E-state index contributed by atoms with van der Waals surface area (Å²) in [7, 11) is 0. The van der Waals surface area contributed by atoms with E-state index in [4.69, 9.17) is 9.84 Å². The van der Waals surface area contributed by atoms with E-state index in [0.29, 0.717) is 23.5 Å². The van der Waals surface area contributed by atoms with Gasteiger partial charge in [-0.1, -0.05) is 43.7 Å². The van der Waals surface area contributed by atoms with Gasteiger partial charge in [-0.2, -0.15) is 5.26 Å². The molecule has 0 saturated heterocycles. The van der Waals surface area contributed by atoms with E-state index in [2.05, 4.69) is 13.0 Å². The fraction of sp³-hybridized carbons (Fsp3) is 0.208. The second-order valence-corrected chi connectivity index (χ2v) is 6.90. The third-order valence-electron chi connectivity index (χ3n) is 4.80. The molecule has 6 heteroatoms. The summed E-state index contributed by atoms with van der Waals surface area (Å²) in [6.45, 7) is 2.07. The van der Waals surface area contributed by atoms with Gasteiger partial charge in [0.1, 0.15) is 11.5 Å². The van der Waals surface area contributed by atoms with Crippen LogP contribution in [0, 0.1) is 11.3 Å². The van der Waals surface area contributed by atoms with E-state index in [1.54, 1.807) is 12.1 Å². The predicted molar refractivity (Wildman–Crippen MR) is 114 cm³/mol. The van der Waals surface area contributed by atoms with Gasteiger partial charge < -0.3 is 9.84 Å². The van der Waals surface area contributed by atoms with Gasteiger partial charge in [-0.25, -0.2) is 4.79 Å². The molecule has 2 amide bonds. The van der Waals surface area contributed by atoms with Crippen LogP contribution in [-0.2, 0) is 17.6 Å². The van der Waals surface area contributed by atoms with E-state index in [-0.39, 0.29) is 6.42 Å². The number of hydrogen-bond acceptors (Lipinski definition) is 4. The smallest absolute Gasteiger partial charge is 0.411 e. The third kappa shape index (κ3) is 4.95. The Bertz CT molecular complexity index is 1130.